The molecule has 1 aliphatic rings. The Balaban J connectivity index is 2.52. The van der Waals surface area contributed by atoms with E-state index in [1.165, 1.54) is 6.26 Å². The van der Waals surface area contributed by atoms with Crippen LogP contribution in [0.1, 0.15) is 25.3 Å². The van der Waals surface area contributed by atoms with Gasteiger partial charge >= 0.3 is 0 Å². The molecule has 1 aromatic carbocycles. The highest BCUT2D eigenvalue weighted by Gasteiger charge is 2.49. The number of sulfone groups is 1. The van der Waals surface area contributed by atoms with Crippen LogP contribution in [0.2, 0.25) is 0 Å². The van der Waals surface area contributed by atoms with Gasteiger partial charge in [-0.15, -0.1) is 0 Å². The summed E-state index contributed by atoms with van der Waals surface area (Å²) in [5.41, 5.74) is 7.02. The number of ether oxygens (including phenoxy) is 1. The average Bonchev–Trinajstić information content (AvgIpc) is 3.08. The first-order valence-corrected chi connectivity index (χ1v) is 7.84. The molecule has 1 aliphatic carbocycles. The summed E-state index contributed by atoms with van der Waals surface area (Å²) in [5, 5.41) is 0. The summed E-state index contributed by atoms with van der Waals surface area (Å²) in [6.07, 6.45) is 3.25. The largest absolute Gasteiger partial charge is 0.496 e. The molecule has 0 saturated heterocycles. The van der Waals surface area contributed by atoms with E-state index < -0.39 is 9.84 Å². The van der Waals surface area contributed by atoms with E-state index in [1.807, 2.05) is 13.0 Å². The van der Waals surface area contributed by atoms with Crippen molar-refractivity contribution in [2.75, 3.05) is 13.4 Å². The van der Waals surface area contributed by atoms with E-state index in [0.29, 0.717) is 5.75 Å². The zero-order valence-corrected chi connectivity index (χ0v) is 11.8. The summed E-state index contributed by atoms with van der Waals surface area (Å²) in [5.74, 6) is 0.618. The van der Waals surface area contributed by atoms with Crippen LogP contribution in [-0.4, -0.2) is 27.8 Å². The summed E-state index contributed by atoms with van der Waals surface area (Å²) < 4.78 is 28.4. The van der Waals surface area contributed by atoms with Crippen molar-refractivity contribution in [3.63, 3.8) is 0 Å². The summed E-state index contributed by atoms with van der Waals surface area (Å²) in [6, 6.07) is 5.10. The van der Waals surface area contributed by atoms with Crippen LogP contribution in [0.25, 0.3) is 0 Å². The van der Waals surface area contributed by atoms with E-state index in [2.05, 4.69) is 0 Å². The van der Waals surface area contributed by atoms with Gasteiger partial charge in [0.05, 0.1) is 12.0 Å². The van der Waals surface area contributed by atoms with Gasteiger partial charge in [-0.1, -0.05) is 6.07 Å². The first kappa shape index (κ1) is 13.4. The Bertz CT molecular complexity index is 560. The predicted octanol–water partition coefficient (Wildman–Crippen LogP) is 1.48. The van der Waals surface area contributed by atoms with E-state index in [-0.39, 0.29) is 16.4 Å². The summed E-state index contributed by atoms with van der Waals surface area (Å²) >= 11 is 0. The smallest absolute Gasteiger partial charge is 0.175 e. The fourth-order valence-electron chi connectivity index (χ4n) is 2.42. The maximum Gasteiger partial charge on any atom is 0.175 e. The molecule has 100 valence electrons. The summed E-state index contributed by atoms with van der Waals surface area (Å²) in [6.45, 7) is 1.98. The number of rotatable bonds is 4. The molecule has 0 aliphatic heterocycles. The van der Waals surface area contributed by atoms with Gasteiger partial charge in [0.1, 0.15) is 5.75 Å². The van der Waals surface area contributed by atoms with Gasteiger partial charge in [0.2, 0.25) is 0 Å². The number of benzene rings is 1. The molecule has 1 atom stereocenters. The van der Waals surface area contributed by atoms with Gasteiger partial charge in [-0.25, -0.2) is 8.42 Å². The molecule has 0 radical (unpaired) electrons. The van der Waals surface area contributed by atoms with Crippen LogP contribution in [0.15, 0.2) is 23.1 Å². The SMILES string of the molecule is COc1cc(S(C)(=O)=O)ccc1C1(C(C)N)CC1. The lowest BCUT2D eigenvalue weighted by atomic mass is 9.89. The third kappa shape index (κ3) is 2.12. The third-order valence-corrected chi connectivity index (χ3v) is 4.91. The second-order valence-electron chi connectivity index (χ2n) is 5.08. The highest BCUT2D eigenvalue weighted by atomic mass is 32.2. The molecule has 0 heterocycles. The Morgan fingerprint density at radius 1 is 1.39 bits per heavy atom. The maximum atomic E-state index is 11.5. The molecule has 0 spiro atoms. The fraction of sp³-hybridized carbons (Fsp3) is 0.538. The molecule has 2 N–H and O–H groups in total. The highest BCUT2D eigenvalue weighted by Crippen LogP contribution is 2.53. The Hall–Kier alpha value is -1.07. The second kappa shape index (κ2) is 4.24. The van der Waals surface area contributed by atoms with E-state index in [9.17, 15) is 8.42 Å². The lowest BCUT2D eigenvalue weighted by molar-refractivity contribution is 0.397. The van der Waals surface area contributed by atoms with Crippen LogP contribution in [0.5, 0.6) is 5.75 Å². The van der Waals surface area contributed by atoms with Crippen LogP contribution < -0.4 is 10.5 Å². The average molecular weight is 269 g/mol. The standard InChI is InChI=1S/C13H19NO3S/c1-9(14)13(6-7-13)11-5-4-10(18(3,15)16)8-12(11)17-2/h4-5,8-9H,6-7,14H2,1-3H3. The number of methoxy groups -OCH3 is 1. The molecular formula is C13H19NO3S. The molecule has 1 unspecified atom stereocenters. The summed E-state index contributed by atoms with van der Waals surface area (Å²) in [7, 11) is -1.65. The van der Waals surface area contributed by atoms with Crippen molar-refractivity contribution < 1.29 is 13.2 Å². The van der Waals surface area contributed by atoms with Crippen molar-refractivity contribution in [1.29, 1.82) is 0 Å². The van der Waals surface area contributed by atoms with Crippen LogP contribution in [0, 0.1) is 0 Å². The number of hydrogen-bond donors (Lipinski definition) is 1. The molecule has 1 saturated carbocycles. The zero-order chi connectivity index (χ0) is 13.6. The first-order valence-electron chi connectivity index (χ1n) is 5.95. The third-order valence-electron chi connectivity index (χ3n) is 3.80. The lowest BCUT2D eigenvalue weighted by Gasteiger charge is -2.22. The van der Waals surface area contributed by atoms with E-state index >= 15 is 0 Å². The Morgan fingerprint density at radius 3 is 2.39 bits per heavy atom. The Kier molecular flexibility index (Phi) is 3.15. The highest BCUT2D eigenvalue weighted by molar-refractivity contribution is 7.90. The van der Waals surface area contributed by atoms with Gasteiger partial charge in [-0.3, -0.25) is 0 Å². The van der Waals surface area contributed by atoms with E-state index in [0.717, 1.165) is 18.4 Å². The van der Waals surface area contributed by atoms with Crippen LogP contribution in [0.4, 0.5) is 0 Å². The molecular weight excluding hydrogens is 250 g/mol. The minimum absolute atomic E-state index is 0.0375. The second-order valence-corrected chi connectivity index (χ2v) is 7.09. The monoisotopic (exact) mass is 269 g/mol. The first-order chi connectivity index (χ1) is 8.31. The fourth-order valence-corrected chi connectivity index (χ4v) is 3.05. The van der Waals surface area contributed by atoms with Crippen molar-refractivity contribution in [2.24, 2.45) is 5.73 Å². The van der Waals surface area contributed by atoms with Crippen molar-refractivity contribution in [1.82, 2.24) is 0 Å². The molecule has 2 rings (SSSR count). The molecule has 0 aromatic heterocycles. The Labute approximate surface area is 108 Å². The van der Waals surface area contributed by atoms with Gasteiger partial charge in [0, 0.05) is 23.3 Å². The van der Waals surface area contributed by atoms with Crippen molar-refractivity contribution in [3.8, 4) is 5.75 Å². The normalized spacial score (nSPS) is 19.3. The molecule has 5 heteroatoms. The molecule has 0 bridgehead atoms. The van der Waals surface area contributed by atoms with Crippen LogP contribution >= 0.6 is 0 Å². The topological polar surface area (TPSA) is 69.4 Å². The van der Waals surface area contributed by atoms with E-state index in [1.54, 1.807) is 19.2 Å². The van der Waals surface area contributed by atoms with Gasteiger partial charge < -0.3 is 10.5 Å². The van der Waals surface area contributed by atoms with Crippen molar-refractivity contribution in [3.05, 3.63) is 23.8 Å². The lowest BCUT2D eigenvalue weighted by Crippen LogP contribution is -2.31. The van der Waals surface area contributed by atoms with Gasteiger partial charge in [0.15, 0.2) is 9.84 Å². The summed E-state index contributed by atoms with van der Waals surface area (Å²) in [4.78, 5) is 0.281. The van der Waals surface area contributed by atoms with Crippen LogP contribution in [-0.2, 0) is 15.3 Å². The molecule has 1 aromatic rings. The number of nitrogens with two attached hydrogens (primary N) is 1. The minimum atomic E-state index is -3.21. The van der Waals surface area contributed by atoms with Gasteiger partial charge in [-0.05, 0) is 31.9 Å². The van der Waals surface area contributed by atoms with E-state index in [4.69, 9.17) is 10.5 Å². The molecule has 4 nitrogen and oxygen atoms in total. The molecule has 0 amide bonds. The number of hydrogen-bond acceptors (Lipinski definition) is 4. The Morgan fingerprint density at radius 2 is 2.00 bits per heavy atom. The maximum absolute atomic E-state index is 11.5. The van der Waals surface area contributed by atoms with Crippen molar-refractivity contribution in [2.45, 2.75) is 36.1 Å². The minimum Gasteiger partial charge on any atom is -0.496 e. The van der Waals surface area contributed by atoms with Gasteiger partial charge in [0.25, 0.3) is 0 Å². The zero-order valence-electron chi connectivity index (χ0n) is 10.9. The van der Waals surface area contributed by atoms with Crippen LogP contribution in [0.3, 0.4) is 0 Å². The molecule has 18 heavy (non-hydrogen) atoms. The van der Waals surface area contributed by atoms with Gasteiger partial charge in [-0.2, -0.15) is 0 Å². The predicted molar refractivity (Wildman–Crippen MR) is 70.7 cm³/mol. The van der Waals surface area contributed by atoms with Crippen molar-refractivity contribution >= 4 is 9.84 Å². The molecule has 1 fully saturated rings. The quantitative estimate of drug-likeness (QED) is 0.899.